The van der Waals surface area contributed by atoms with Gasteiger partial charge in [0, 0.05) is 6.20 Å². The minimum absolute atomic E-state index is 0.182. The average Bonchev–Trinajstić information content (AvgIpc) is 3.51. The summed E-state index contributed by atoms with van der Waals surface area (Å²) in [6.45, 7) is 4.11. The number of imidazole rings is 1. The highest BCUT2D eigenvalue weighted by molar-refractivity contribution is 5.85. The Balaban J connectivity index is 1.36. The van der Waals surface area contributed by atoms with Crippen LogP contribution in [0.3, 0.4) is 0 Å². The number of carbonyl (C=O) groups excluding carboxylic acids is 1. The van der Waals surface area contributed by atoms with Crippen LogP contribution in [0.5, 0.6) is 5.75 Å². The van der Waals surface area contributed by atoms with Crippen molar-refractivity contribution in [2.45, 2.75) is 38.6 Å². The molecule has 3 aromatic heterocycles. The topological polar surface area (TPSA) is 132 Å². The molecule has 0 saturated heterocycles. The molecular formula is C27H29N7O3. The Labute approximate surface area is 213 Å². The second-order valence-corrected chi connectivity index (χ2v) is 9.36. The van der Waals surface area contributed by atoms with Gasteiger partial charge < -0.3 is 25.5 Å². The fourth-order valence-corrected chi connectivity index (χ4v) is 3.87. The molecule has 0 aliphatic heterocycles. The van der Waals surface area contributed by atoms with Crippen LogP contribution in [0.15, 0.2) is 72.9 Å². The van der Waals surface area contributed by atoms with E-state index in [0.29, 0.717) is 29.7 Å². The van der Waals surface area contributed by atoms with Crippen LogP contribution < -0.4 is 15.8 Å². The monoisotopic (exact) mass is 499 g/mol. The fourth-order valence-electron chi connectivity index (χ4n) is 3.87. The third-order valence-corrected chi connectivity index (χ3v) is 5.83. The van der Waals surface area contributed by atoms with E-state index in [9.17, 15) is 4.79 Å². The van der Waals surface area contributed by atoms with Crippen LogP contribution >= 0.6 is 0 Å². The maximum absolute atomic E-state index is 12.8. The van der Waals surface area contributed by atoms with Gasteiger partial charge in [-0.25, -0.2) is 4.98 Å². The summed E-state index contributed by atoms with van der Waals surface area (Å²) < 4.78 is 13.8. The lowest BCUT2D eigenvalue weighted by molar-refractivity contribution is -0.126. The SMILES string of the molecule is CC(C)(N)C(=O)N[C@H](COCc1ccccc1)c1nnc2c(OCc3nc4ccccc4[nH]3)cccn12. The van der Waals surface area contributed by atoms with E-state index in [1.165, 1.54) is 0 Å². The first-order valence-corrected chi connectivity index (χ1v) is 12.0. The molecule has 3 heterocycles. The Morgan fingerprint density at radius 2 is 1.84 bits per heavy atom. The van der Waals surface area contributed by atoms with Crippen LogP contribution in [0.2, 0.25) is 0 Å². The summed E-state index contributed by atoms with van der Waals surface area (Å²) in [7, 11) is 0. The molecule has 190 valence electrons. The predicted octanol–water partition coefficient (Wildman–Crippen LogP) is 3.30. The zero-order chi connectivity index (χ0) is 25.8. The molecule has 1 atom stereocenters. The maximum atomic E-state index is 12.8. The number of amides is 1. The standard InChI is InChI=1S/C27H29N7O3/c1-27(2,28)26(35)31-21(16-36-15-18-9-4-3-5-10-18)24-32-33-25-22(13-8-14-34(24)25)37-17-23-29-19-11-6-7-12-20(19)30-23/h3-14,21H,15-17,28H2,1-2H3,(H,29,30)(H,31,35)/t21-/m1/s1. The molecular weight excluding hydrogens is 470 g/mol. The summed E-state index contributed by atoms with van der Waals surface area (Å²) in [6, 6.07) is 20.7. The molecule has 5 rings (SSSR count). The largest absolute Gasteiger partial charge is 0.482 e. The van der Waals surface area contributed by atoms with E-state index in [0.717, 1.165) is 16.6 Å². The van der Waals surface area contributed by atoms with Crippen LogP contribution in [-0.4, -0.2) is 42.6 Å². The van der Waals surface area contributed by atoms with Gasteiger partial charge in [0.25, 0.3) is 0 Å². The van der Waals surface area contributed by atoms with Crippen molar-refractivity contribution in [3.8, 4) is 5.75 Å². The Morgan fingerprint density at radius 1 is 1.05 bits per heavy atom. The lowest BCUT2D eigenvalue weighted by Gasteiger charge is -2.23. The summed E-state index contributed by atoms with van der Waals surface area (Å²) in [5.41, 5.74) is 8.33. The first kappa shape index (κ1) is 24.4. The second kappa shape index (κ2) is 10.4. The smallest absolute Gasteiger partial charge is 0.240 e. The Morgan fingerprint density at radius 3 is 2.62 bits per heavy atom. The van der Waals surface area contributed by atoms with E-state index in [2.05, 4.69) is 25.5 Å². The van der Waals surface area contributed by atoms with Gasteiger partial charge in [0.15, 0.2) is 11.6 Å². The molecule has 0 radical (unpaired) electrons. The van der Waals surface area contributed by atoms with Crippen molar-refractivity contribution < 1.29 is 14.3 Å². The van der Waals surface area contributed by atoms with E-state index >= 15 is 0 Å². The molecule has 5 aromatic rings. The number of rotatable bonds is 10. The number of pyridine rings is 1. The average molecular weight is 500 g/mol. The Kier molecular flexibility index (Phi) is 6.85. The number of aromatic amines is 1. The van der Waals surface area contributed by atoms with Crippen molar-refractivity contribution in [1.29, 1.82) is 0 Å². The van der Waals surface area contributed by atoms with E-state index in [-0.39, 0.29) is 19.1 Å². The third kappa shape index (κ3) is 5.60. The quantitative estimate of drug-likeness (QED) is 0.269. The zero-order valence-corrected chi connectivity index (χ0v) is 20.7. The van der Waals surface area contributed by atoms with Crippen molar-refractivity contribution in [2.75, 3.05) is 6.61 Å². The van der Waals surface area contributed by atoms with Crippen molar-refractivity contribution in [2.24, 2.45) is 5.73 Å². The number of ether oxygens (including phenoxy) is 2. The van der Waals surface area contributed by atoms with Gasteiger partial charge >= 0.3 is 0 Å². The van der Waals surface area contributed by atoms with Crippen LogP contribution in [0, 0.1) is 0 Å². The minimum Gasteiger partial charge on any atom is -0.482 e. The van der Waals surface area contributed by atoms with E-state index in [4.69, 9.17) is 15.2 Å². The highest BCUT2D eigenvalue weighted by atomic mass is 16.5. The van der Waals surface area contributed by atoms with Crippen molar-refractivity contribution in [3.63, 3.8) is 0 Å². The summed E-state index contributed by atoms with van der Waals surface area (Å²) in [5.74, 6) is 1.42. The van der Waals surface area contributed by atoms with E-state index in [1.807, 2.05) is 72.9 Å². The van der Waals surface area contributed by atoms with Gasteiger partial charge in [0.2, 0.25) is 11.6 Å². The lowest BCUT2D eigenvalue weighted by atomic mass is 10.1. The van der Waals surface area contributed by atoms with Crippen LogP contribution in [0.1, 0.15) is 37.1 Å². The molecule has 0 fully saturated rings. The van der Waals surface area contributed by atoms with E-state index < -0.39 is 11.6 Å². The molecule has 4 N–H and O–H groups in total. The van der Waals surface area contributed by atoms with Gasteiger partial charge in [-0.1, -0.05) is 42.5 Å². The third-order valence-electron chi connectivity index (χ3n) is 5.83. The number of para-hydroxylation sites is 2. The molecule has 10 nitrogen and oxygen atoms in total. The fraction of sp³-hybridized carbons (Fsp3) is 0.259. The van der Waals surface area contributed by atoms with Crippen molar-refractivity contribution in [3.05, 3.63) is 90.1 Å². The number of carbonyl (C=O) groups is 1. The van der Waals surface area contributed by atoms with Gasteiger partial charge in [-0.3, -0.25) is 9.20 Å². The first-order valence-electron chi connectivity index (χ1n) is 12.0. The molecule has 1 amide bonds. The van der Waals surface area contributed by atoms with Gasteiger partial charge in [-0.15, -0.1) is 10.2 Å². The number of hydrogen-bond acceptors (Lipinski definition) is 7. The molecule has 0 unspecified atom stereocenters. The van der Waals surface area contributed by atoms with Gasteiger partial charge in [-0.2, -0.15) is 0 Å². The minimum atomic E-state index is -1.07. The number of H-pyrrole nitrogens is 1. The number of benzene rings is 2. The number of fused-ring (bicyclic) bond motifs is 2. The van der Waals surface area contributed by atoms with Crippen molar-refractivity contribution in [1.82, 2.24) is 29.9 Å². The molecule has 0 bridgehead atoms. The summed E-state index contributed by atoms with van der Waals surface area (Å²) in [5, 5.41) is 11.7. The van der Waals surface area contributed by atoms with Gasteiger partial charge in [0.05, 0.1) is 29.8 Å². The highest BCUT2D eigenvalue weighted by Gasteiger charge is 2.28. The van der Waals surface area contributed by atoms with E-state index in [1.54, 1.807) is 18.2 Å². The Bertz CT molecular complexity index is 1470. The van der Waals surface area contributed by atoms with Crippen LogP contribution in [0.25, 0.3) is 16.7 Å². The number of aromatic nitrogens is 5. The predicted molar refractivity (Wildman–Crippen MR) is 139 cm³/mol. The first-order chi connectivity index (χ1) is 17.9. The van der Waals surface area contributed by atoms with Crippen LogP contribution in [-0.2, 0) is 22.7 Å². The molecule has 0 aliphatic rings. The molecule has 0 aliphatic carbocycles. The zero-order valence-electron chi connectivity index (χ0n) is 20.7. The molecule has 0 spiro atoms. The normalized spacial score (nSPS) is 12.6. The lowest BCUT2D eigenvalue weighted by Crippen LogP contribution is -2.50. The molecule has 2 aromatic carbocycles. The van der Waals surface area contributed by atoms with Gasteiger partial charge in [0.1, 0.15) is 18.5 Å². The number of nitrogens with zero attached hydrogens (tertiary/aromatic N) is 4. The number of nitrogens with two attached hydrogens (primary N) is 1. The molecule has 0 saturated carbocycles. The number of nitrogens with one attached hydrogen (secondary N) is 2. The van der Waals surface area contributed by atoms with Crippen LogP contribution in [0.4, 0.5) is 0 Å². The highest BCUT2D eigenvalue weighted by Crippen LogP contribution is 2.23. The maximum Gasteiger partial charge on any atom is 0.240 e. The number of hydrogen-bond donors (Lipinski definition) is 3. The Hall–Kier alpha value is -4.28. The summed E-state index contributed by atoms with van der Waals surface area (Å²) in [4.78, 5) is 20.6. The second-order valence-electron chi connectivity index (χ2n) is 9.36. The molecule has 10 heteroatoms. The van der Waals surface area contributed by atoms with Crippen molar-refractivity contribution >= 4 is 22.6 Å². The molecule has 37 heavy (non-hydrogen) atoms. The summed E-state index contributed by atoms with van der Waals surface area (Å²) >= 11 is 0. The van der Waals surface area contributed by atoms with Gasteiger partial charge in [-0.05, 0) is 43.7 Å². The summed E-state index contributed by atoms with van der Waals surface area (Å²) in [6.07, 6.45) is 1.82.